The number of halogens is 1. The van der Waals surface area contributed by atoms with Crippen LogP contribution in [0, 0.1) is 11.3 Å². The van der Waals surface area contributed by atoms with Gasteiger partial charge < -0.3 is 9.64 Å². The number of likely N-dealkylation sites (tertiary alicyclic amines) is 1. The van der Waals surface area contributed by atoms with Crippen molar-refractivity contribution in [2.75, 3.05) is 38.7 Å². The molecule has 0 spiro atoms. The summed E-state index contributed by atoms with van der Waals surface area (Å²) in [5, 5.41) is 1.19. The third kappa shape index (κ3) is 4.71. The Morgan fingerprint density at radius 1 is 1.11 bits per heavy atom. The number of hydrogen-bond donors (Lipinski definition) is 0. The number of piperidine rings is 1. The fraction of sp³-hybridized carbons (Fsp3) is 1.00. The molecule has 2 nitrogen and oxygen atoms in total. The zero-order chi connectivity index (χ0) is 13.6. The summed E-state index contributed by atoms with van der Waals surface area (Å²) in [5.74, 6) is 0.801. The molecular formula is C16H30BrNO. The molecule has 1 aliphatic heterocycles. The van der Waals surface area contributed by atoms with Crippen molar-refractivity contribution in [1.29, 1.82) is 0 Å². The van der Waals surface area contributed by atoms with Crippen molar-refractivity contribution in [3.63, 3.8) is 0 Å². The summed E-state index contributed by atoms with van der Waals surface area (Å²) in [6.45, 7) is 4.83. The maximum Gasteiger partial charge on any atom is 0.0491 e. The fourth-order valence-corrected chi connectivity index (χ4v) is 4.57. The van der Waals surface area contributed by atoms with Crippen molar-refractivity contribution in [2.24, 2.45) is 11.3 Å². The second-order valence-corrected chi connectivity index (χ2v) is 7.28. The van der Waals surface area contributed by atoms with E-state index in [1.165, 1.54) is 76.3 Å². The van der Waals surface area contributed by atoms with Gasteiger partial charge in [-0.25, -0.2) is 0 Å². The van der Waals surface area contributed by atoms with Crippen molar-refractivity contribution in [2.45, 2.75) is 51.4 Å². The lowest BCUT2D eigenvalue weighted by molar-refractivity contribution is 0.0745. The SMILES string of the molecule is COCC1CCN(CC2(CBr)CCCCCC2)CC1. The molecule has 0 aromatic rings. The molecule has 0 N–H and O–H groups in total. The highest BCUT2D eigenvalue weighted by atomic mass is 79.9. The van der Waals surface area contributed by atoms with Gasteiger partial charge in [-0.15, -0.1) is 0 Å². The smallest absolute Gasteiger partial charge is 0.0491 e. The highest BCUT2D eigenvalue weighted by molar-refractivity contribution is 9.09. The van der Waals surface area contributed by atoms with Crippen molar-refractivity contribution in [3.05, 3.63) is 0 Å². The molecule has 3 heteroatoms. The number of methoxy groups -OCH3 is 1. The summed E-state index contributed by atoms with van der Waals surface area (Å²) in [6, 6.07) is 0. The largest absolute Gasteiger partial charge is 0.384 e. The van der Waals surface area contributed by atoms with Crippen LogP contribution in [0.25, 0.3) is 0 Å². The second-order valence-electron chi connectivity index (χ2n) is 6.72. The van der Waals surface area contributed by atoms with Gasteiger partial charge in [0.2, 0.25) is 0 Å². The monoisotopic (exact) mass is 331 g/mol. The van der Waals surface area contributed by atoms with Crippen LogP contribution in [-0.4, -0.2) is 43.6 Å². The molecule has 0 radical (unpaired) electrons. The lowest BCUT2D eigenvalue weighted by atomic mass is 9.81. The molecule has 0 aromatic heterocycles. The van der Waals surface area contributed by atoms with Gasteiger partial charge in [0.05, 0.1) is 0 Å². The molecule has 0 atom stereocenters. The minimum absolute atomic E-state index is 0.560. The van der Waals surface area contributed by atoms with Crippen molar-refractivity contribution >= 4 is 15.9 Å². The Morgan fingerprint density at radius 3 is 2.26 bits per heavy atom. The summed E-state index contributed by atoms with van der Waals surface area (Å²) < 4.78 is 5.30. The molecule has 19 heavy (non-hydrogen) atoms. The van der Waals surface area contributed by atoms with Crippen LogP contribution in [0.15, 0.2) is 0 Å². The van der Waals surface area contributed by atoms with Gasteiger partial charge in [-0.1, -0.05) is 41.6 Å². The Bertz CT molecular complexity index is 243. The van der Waals surface area contributed by atoms with Crippen LogP contribution in [0.1, 0.15) is 51.4 Å². The van der Waals surface area contributed by atoms with E-state index >= 15 is 0 Å². The highest BCUT2D eigenvalue weighted by Gasteiger charge is 2.33. The summed E-state index contributed by atoms with van der Waals surface area (Å²) in [6.07, 6.45) is 11.3. The second kappa shape index (κ2) is 7.99. The topological polar surface area (TPSA) is 12.5 Å². The number of alkyl halides is 1. The summed E-state index contributed by atoms with van der Waals surface area (Å²) >= 11 is 3.82. The van der Waals surface area contributed by atoms with Crippen LogP contribution >= 0.6 is 15.9 Å². The molecule has 1 aliphatic carbocycles. The summed E-state index contributed by atoms with van der Waals surface area (Å²) in [7, 11) is 1.83. The van der Waals surface area contributed by atoms with Crippen molar-refractivity contribution < 1.29 is 4.74 Å². The van der Waals surface area contributed by atoms with Gasteiger partial charge >= 0.3 is 0 Å². The first kappa shape index (κ1) is 15.8. The minimum atomic E-state index is 0.560. The molecule has 0 bridgehead atoms. The Balaban J connectivity index is 1.82. The Kier molecular flexibility index (Phi) is 6.64. The minimum Gasteiger partial charge on any atom is -0.384 e. The fourth-order valence-electron chi connectivity index (χ4n) is 3.83. The average molecular weight is 332 g/mol. The predicted octanol–water partition coefficient (Wildman–Crippen LogP) is 4.08. The molecule has 2 aliphatic rings. The van der Waals surface area contributed by atoms with E-state index in [9.17, 15) is 0 Å². The molecule has 1 saturated carbocycles. The lowest BCUT2D eigenvalue weighted by Crippen LogP contribution is -2.43. The van der Waals surface area contributed by atoms with Gasteiger partial charge in [-0.3, -0.25) is 0 Å². The van der Waals surface area contributed by atoms with E-state index in [-0.39, 0.29) is 0 Å². The summed E-state index contributed by atoms with van der Waals surface area (Å²) in [4.78, 5) is 2.72. The molecule has 1 heterocycles. The first-order chi connectivity index (χ1) is 9.28. The average Bonchev–Trinajstić information content (AvgIpc) is 2.68. The zero-order valence-corrected chi connectivity index (χ0v) is 14.1. The Morgan fingerprint density at radius 2 is 1.74 bits per heavy atom. The van der Waals surface area contributed by atoms with Gasteiger partial charge in [0, 0.05) is 25.6 Å². The third-order valence-electron chi connectivity index (χ3n) is 5.12. The third-order valence-corrected chi connectivity index (χ3v) is 6.31. The van der Waals surface area contributed by atoms with Gasteiger partial charge in [0.25, 0.3) is 0 Å². The van der Waals surface area contributed by atoms with E-state index in [2.05, 4.69) is 20.8 Å². The van der Waals surface area contributed by atoms with Crippen molar-refractivity contribution in [1.82, 2.24) is 4.90 Å². The molecular weight excluding hydrogens is 302 g/mol. The van der Waals surface area contributed by atoms with Gasteiger partial charge in [-0.05, 0) is 50.1 Å². The lowest BCUT2D eigenvalue weighted by Gasteiger charge is -2.40. The Hall–Kier alpha value is 0.400. The highest BCUT2D eigenvalue weighted by Crippen LogP contribution is 2.38. The number of hydrogen-bond acceptors (Lipinski definition) is 2. The van der Waals surface area contributed by atoms with E-state index in [1.807, 2.05) is 7.11 Å². The van der Waals surface area contributed by atoms with Crippen LogP contribution in [0.2, 0.25) is 0 Å². The van der Waals surface area contributed by atoms with Gasteiger partial charge in [0.1, 0.15) is 0 Å². The normalized spacial score (nSPS) is 26.2. The van der Waals surface area contributed by atoms with E-state index < -0.39 is 0 Å². The number of rotatable bonds is 5. The number of nitrogens with zero attached hydrogens (tertiary/aromatic N) is 1. The van der Waals surface area contributed by atoms with E-state index in [4.69, 9.17) is 4.74 Å². The van der Waals surface area contributed by atoms with E-state index in [0.29, 0.717) is 5.41 Å². The molecule has 2 fully saturated rings. The molecule has 0 aromatic carbocycles. The quantitative estimate of drug-likeness (QED) is 0.556. The van der Waals surface area contributed by atoms with Crippen LogP contribution in [0.4, 0.5) is 0 Å². The summed E-state index contributed by atoms with van der Waals surface area (Å²) in [5.41, 5.74) is 0.560. The molecule has 112 valence electrons. The first-order valence-electron chi connectivity index (χ1n) is 8.05. The molecule has 2 rings (SSSR count). The van der Waals surface area contributed by atoms with Gasteiger partial charge in [0.15, 0.2) is 0 Å². The van der Waals surface area contributed by atoms with Crippen LogP contribution in [-0.2, 0) is 4.74 Å². The first-order valence-corrected chi connectivity index (χ1v) is 9.17. The van der Waals surface area contributed by atoms with Crippen molar-refractivity contribution in [3.8, 4) is 0 Å². The standard InChI is InChI=1S/C16H30BrNO/c1-19-12-15-6-10-18(11-7-15)14-16(13-17)8-4-2-3-5-9-16/h15H,2-14H2,1H3. The zero-order valence-electron chi connectivity index (χ0n) is 12.5. The number of ether oxygens (including phenoxy) is 1. The van der Waals surface area contributed by atoms with Crippen LogP contribution < -0.4 is 0 Å². The molecule has 0 amide bonds. The van der Waals surface area contributed by atoms with E-state index in [1.54, 1.807) is 0 Å². The maximum absolute atomic E-state index is 5.30. The maximum atomic E-state index is 5.30. The molecule has 0 unspecified atom stereocenters. The molecule has 1 saturated heterocycles. The predicted molar refractivity (Wildman–Crippen MR) is 85.0 cm³/mol. The Labute approximate surface area is 127 Å². The van der Waals surface area contributed by atoms with Crippen LogP contribution in [0.3, 0.4) is 0 Å². The van der Waals surface area contributed by atoms with Crippen LogP contribution in [0.5, 0.6) is 0 Å². The van der Waals surface area contributed by atoms with Gasteiger partial charge in [-0.2, -0.15) is 0 Å². The van der Waals surface area contributed by atoms with E-state index in [0.717, 1.165) is 12.5 Å².